The van der Waals surface area contributed by atoms with Crippen molar-refractivity contribution < 1.29 is 28.7 Å². The maximum absolute atomic E-state index is 10.0. The van der Waals surface area contributed by atoms with Gasteiger partial charge < -0.3 is 19.6 Å². The van der Waals surface area contributed by atoms with Crippen LogP contribution in [-0.4, -0.2) is 23.9 Å². The molecule has 0 bridgehead atoms. The number of hydrogen-bond donors (Lipinski definition) is 4. The van der Waals surface area contributed by atoms with Crippen molar-refractivity contribution in [3.05, 3.63) is 35.4 Å². The lowest BCUT2D eigenvalue weighted by Gasteiger charge is -2.05. The second kappa shape index (κ2) is 6.73. The second-order valence-corrected chi connectivity index (χ2v) is 7.54. The molecule has 6 nitrogen and oxygen atoms in total. The van der Waals surface area contributed by atoms with Crippen LogP contribution in [0.5, 0.6) is 0 Å². The number of halogens is 1. The van der Waals surface area contributed by atoms with Crippen LogP contribution in [0, 0.1) is 0 Å². The second-order valence-electron chi connectivity index (χ2n) is 2.67. The molecule has 1 aromatic rings. The monoisotopic (exact) mass is 318 g/mol. The summed E-state index contributed by atoms with van der Waals surface area (Å²) in [6, 6.07) is 9.44. The van der Waals surface area contributed by atoms with Crippen molar-refractivity contribution >= 4 is 43.4 Å². The van der Waals surface area contributed by atoms with Crippen molar-refractivity contribution in [3.8, 4) is 0 Å². The van der Waals surface area contributed by atoms with Gasteiger partial charge in [0.1, 0.15) is 0 Å². The highest BCUT2D eigenvalue weighted by molar-refractivity contribution is 8.15. The van der Waals surface area contributed by atoms with Crippen LogP contribution < -0.4 is 0 Å². The van der Waals surface area contributed by atoms with Crippen LogP contribution in [0.25, 0.3) is 0 Å². The van der Waals surface area contributed by atoms with E-state index in [-0.39, 0.29) is 0 Å². The molecule has 17 heavy (non-hydrogen) atoms. The summed E-state index contributed by atoms with van der Waals surface area (Å²) in [6.45, 7) is 0. The largest absolute Gasteiger partial charge is 0.375 e. The normalized spacial score (nSPS) is 11.4. The van der Waals surface area contributed by atoms with Crippen LogP contribution in [0.1, 0.15) is 0 Å². The van der Waals surface area contributed by atoms with E-state index >= 15 is 0 Å². The van der Waals surface area contributed by atoms with E-state index in [0.29, 0.717) is 0 Å². The van der Waals surface area contributed by atoms with Crippen molar-refractivity contribution in [1.82, 2.24) is 0 Å². The SMILES string of the molecule is Clc1ccccc1.O=P(O)(O)C(=S)P(=O)(O)O. The summed E-state index contributed by atoms with van der Waals surface area (Å²) in [5, 5.41) is 0.794. The number of thiocarbonyl (C=S) groups is 1. The molecule has 0 aliphatic heterocycles. The molecular formula is C7H9ClO6P2S. The number of rotatable bonds is 2. The molecule has 0 spiro atoms. The van der Waals surface area contributed by atoms with Crippen molar-refractivity contribution in [2.24, 2.45) is 0 Å². The highest BCUT2D eigenvalue weighted by Gasteiger charge is 2.36. The number of hydrogen-bond acceptors (Lipinski definition) is 3. The molecule has 1 aromatic carbocycles. The van der Waals surface area contributed by atoms with Crippen molar-refractivity contribution in [2.75, 3.05) is 0 Å². The van der Waals surface area contributed by atoms with E-state index in [2.05, 4.69) is 12.2 Å². The Morgan fingerprint density at radius 3 is 1.47 bits per heavy atom. The van der Waals surface area contributed by atoms with Gasteiger partial charge in [0.15, 0.2) is 0 Å². The first-order valence-corrected chi connectivity index (χ1v) is 7.93. The van der Waals surface area contributed by atoms with Crippen LogP contribution in [0.2, 0.25) is 5.02 Å². The first-order chi connectivity index (χ1) is 7.55. The van der Waals surface area contributed by atoms with Gasteiger partial charge in [-0.1, -0.05) is 42.0 Å². The minimum absolute atomic E-state index is 0.794. The Labute approximate surface area is 108 Å². The Bertz CT molecular complexity index is 443. The lowest BCUT2D eigenvalue weighted by molar-refractivity contribution is 0.382. The Balaban J connectivity index is 0.000000318. The average Bonchev–Trinajstić information content (AvgIpc) is 2.16. The molecule has 1 rings (SSSR count). The molecule has 0 aliphatic rings. The van der Waals surface area contributed by atoms with Gasteiger partial charge in [-0.25, -0.2) is 0 Å². The van der Waals surface area contributed by atoms with E-state index in [4.69, 9.17) is 31.2 Å². The highest BCUT2D eigenvalue weighted by Crippen LogP contribution is 2.54. The lowest BCUT2D eigenvalue weighted by Crippen LogP contribution is -1.95. The van der Waals surface area contributed by atoms with Crippen LogP contribution in [0.4, 0.5) is 0 Å². The fraction of sp³-hybridized carbons (Fsp3) is 0. The van der Waals surface area contributed by atoms with Crippen LogP contribution in [0.3, 0.4) is 0 Å². The van der Waals surface area contributed by atoms with Crippen molar-refractivity contribution in [2.45, 2.75) is 0 Å². The molecule has 0 aliphatic carbocycles. The van der Waals surface area contributed by atoms with Gasteiger partial charge in [-0.2, -0.15) is 0 Å². The van der Waals surface area contributed by atoms with Gasteiger partial charge in [-0.15, -0.1) is 0 Å². The zero-order valence-electron chi connectivity index (χ0n) is 8.17. The van der Waals surface area contributed by atoms with Crippen LogP contribution in [-0.2, 0) is 9.13 Å². The summed E-state index contributed by atoms with van der Waals surface area (Å²) in [7, 11) is -9.82. The van der Waals surface area contributed by atoms with Gasteiger partial charge in [-0.3, -0.25) is 9.13 Å². The summed E-state index contributed by atoms with van der Waals surface area (Å²) in [5.74, 6) is 0. The minimum Gasteiger partial charge on any atom is -0.320 e. The molecule has 0 amide bonds. The molecule has 0 atom stereocenters. The van der Waals surface area contributed by atoms with Gasteiger partial charge in [0.25, 0.3) is 0 Å². The van der Waals surface area contributed by atoms with E-state index < -0.39 is 19.5 Å². The summed E-state index contributed by atoms with van der Waals surface area (Å²) in [6.07, 6.45) is 0. The first-order valence-electron chi connectivity index (χ1n) is 3.92. The van der Waals surface area contributed by atoms with Gasteiger partial charge in [0, 0.05) is 5.02 Å². The van der Waals surface area contributed by atoms with Gasteiger partial charge in [0.2, 0.25) is 4.35 Å². The molecule has 0 aromatic heterocycles. The molecule has 4 N–H and O–H groups in total. The van der Waals surface area contributed by atoms with Gasteiger partial charge in [0.05, 0.1) is 0 Å². The predicted octanol–water partition coefficient (Wildman–Crippen LogP) is 1.97. The third-order valence-corrected chi connectivity index (χ3v) is 5.47. The molecule has 0 heterocycles. The van der Waals surface area contributed by atoms with Gasteiger partial charge >= 0.3 is 15.2 Å². The zero-order valence-corrected chi connectivity index (χ0v) is 11.5. The lowest BCUT2D eigenvalue weighted by atomic mass is 10.4. The maximum atomic E-state index is 10.0. The molecule has 0 unspecified atom stereocenters. The summed E-state index contributed by atoms with van der Waals surface area (Å²) >= 11 is 9.34. The van der Waals surface area contributed by atoms with Crippen LogP contribution >= 0.6 is 39.0 Å². The molecule has 0 saturated heterocycles. The maximum Gasteiger partial charge on any atom is 0.375 e. The molecular weight excluding hydrogens is 310 g/mol. The zero-order chi connectivity index (χ0) is 13.7. The molecule has 10 heteroatoms. The third-order valence-electron chi connectivity index (χ3n) is 1.23. The average molecular weight is 319 g/mol. The smallest absolute Gasteiger partial charge is 0.320 e. The quantitative estimate of drug-likeness (QED) is 0.486. The standard InChI is InChI=1S/C6H5Cl.CH4O6P2S/c7-6-4-2-1-3-5-6;2-8(3,4)1(10)9(5,6)7/h1-5H;(H2,2,3,4)(H2,5,6,7). The van der Waals surface area contributed by atoms with E-state index in [0.717, 1.165) is 5.02 Å². The van der Waals surface area contributed by atoms with Crippen LogP contribution in [0.15, 0.2) is 30.3 Å². The van der Waals surface area contributed by atoms with E-state index in [1.165, 1.54) is 0 Å². The molecule has 0 saturated carbocycles. The van der Waals surface area contributed by atoms with E-state index in [1.807, 2.05) is 30.3 Å². The molecule has 0 radical (unpaired) electrons. The topological polar surface area (TPSA) is 115 Å². The fourth-order valence-electron chi connectivity index (χ4n) is 0.584. The third kappa shape index (κ3) is 7.76. The first kappa shape index (κ1) is 16.9. The summed E-state index contributed by atoms with van der Waals surface area (Å²) in [4.78, 5) is 32.4. The number of benzene rings is 1. The molecule has 0 fully saturated rings. The van der Waals surface area contributed by atoms with Crippen molar-refractivity contribution in [1.29, 1.82) is 0 Å². The minimum atomic E-state index is -4.91. The Kier molecular flexibility index (Phi) is 6.69. The Hall–Kier alpha value is -0.100. The highest BCUT2D eigenvalue weighted by atomic mass is 35.5. The Morgan fingerprint density at radius 2 is 1.35 bits per heavy atom. The van der Waals surface area contributed by atoms with Gasteiger partial charge in [-0.05, 0) is 12.1 Å². The summed E-state index contributed by atoms with van der Waals surface area (Å²) < 4.78 is 18.6. The Morgan fingerprint density at radius 1 is 1.00 bits per heavy atom. The summed E-state index contributed by atoms with van der Waals surface area (Å²) in [5.41, 5.74) is 0. The fourth-order valence-corrected chi connectivity index (χ4v) is 2.09. The van der Waals surface area contributed by atoms with Crippen molar-refractivity contribution in [3.63, 3.8) is 0 Å². The predicted molar refractivity (Wildman–Crippen MR) is 68.1 cm³/mol. The molecule has 96 valence electrons. The van der Waals surface area contributed by atoms with E-state index in [9.17, 15) is 9.13 Å². The van der Waals surface area contributed by atoms with E-state index in [1.54, 1.807) is 0 Å².